The minimum Gasteiger partial charge on any atom is -0.480 e. The maximum absolute atomic E-state index is 11.2. The number of nitrogens with zero attached hydrogens (tertiary/aromatic N) is 1. The number of pyridine rings is 1. The van der Waals surface area contributed by atoms with Crippen LogP contribution in [0.3, 0.4) is 0 Å². The van der Waals surface area contributed by atoms with Gasteiger partial charge in [0.2, 0.25) is 0 Å². The summed E-state index contributed by atoms with van der Waals surface area (Å²) in [5.41, 5.74) is 1.44. The van der Waals surface area contributed by atoms with Crippen molar-refractivity contribution in [2.24, 2.45) is 0 Å². The van der Waals surface area contributed by atoms with Gasteiger partial charge in [-0.05, 0) is 24.3 Å². The topological polar surface area (TPSA) is 71.5 Å². The zero-order valence-electron chi connectivity index (χ0n) is 11.0. The highest BCUT2D eigenvalue weighted by molar-refractivity contribution is 6.31. The number of carbonyl (C=O) groups is 1. The fourth-order valence-electron chi connectivity index (χ4n) is 1.93. The van der Waals surface area contributed by atoms with Crippen LogP contribution in [-0.4, -0.2) is 35.8 Å². The average molecular weight is 295 g/mol. The number of benzene rings is 1. The van der Waals surface area contributed by atoms with Crippen LogP contribution in [0.5, 0.6) is 0 Å². The maximum atomic E-state index is 11.2. The van der Waals surface area contributed by atoms with Crippen molar-refractivity contribution in [1.29, 1.82) is 0 Å². The molecule has 0 radical (unpaired) electrons. The van der Waals surface area contributed by atoms with Crippen LogP contribution in [0, 0.1) is 0 Å². The van der Waals surface area contributed by atoms with Crippen LogP contribution in [0.4, 0.5) is 5.69 Å². The van der Waals surface area contributed by atoms with E-state index < -0.39 is 12.0 Å². The molecule has 0 saturated carbocycles. The van der Waals surface area contributed by atoms with Crippen LogP contribution in [0.1, 0.15) is 6.42 Å². The second-order valence-electron chi connectivity index (χ2n) is 4.34. The van der Waals surface area contributed by atoms with Crippen LogP contribution in [0.15, 0.2) is 30.5 Å². The molecule has 0 amide bonds. The predicted octanol–water partition coefficient (Wildman–Crippen LogP) is 2.79. The number of aliphatic carboxylic acids is 1. The second kappa shape index (κ2) is 6.54. The summed E-state index contributed by atoms with van der Waals surface area (Å²) in [5.74, 6) is -0.916. The van der Waals surface area contributed by atoms with Gasteiger partial charge >= 0.3 is 5.97 Å². The molecule has 1 heterocycles. The molecule has 1 unspecified atom stereocenters. The van der Waals surface area contributed by atoms with E-state index in [4.69, 9.17) is 16.3 Å². The molecule has 106 valence electrons. The van der Waals surface area contributed by atoms with Crippen LogP contribution >= 0.6 is 11.6 Å². The first-order chi connectivity index (χ1) is 9.61. The molecule has 0 aliphatic heterocycles. The minimum absolute atomic E-state index is 0.374. The molecule has 2 rings (SSSR count). The van der Waals surface area contributed by atoms with Crippen molar-refractivity contribution < 1.29 is 14.6 Å². The number of aromatic nitrogens is 1. The molecule has 5 nitrogen and oxygen atoms in total. The van der Waals surface area contributed by atoms with Gasteiger partial charge in [0.1, 0.15) is 6.04 Å². The van der Waals surface area contributed by atoms with Crippen LogP contribution in [-0.2, 0) is 9.53 Å². The van der Waals surface area contributed by atoms with Crippen molar-refractivity contribution >= 4 is 34.2 Å². The van der Waals surface area contributed by atoms with E-state index in [-0.39, 0.29) is 0 Å². The van der Waals surface area contributed by atoms with Gasteiger partial charge in [-0.15, -0.1) is 0 Å². The Morgan fingerprint density at radius 2 is 2.30 bits per heavy atom. The minimum atomic E-state index is -0.916. The van der Waals surface area contributed by atoms with E-state index in [0.717, 1.165) is 16.6 Å². The number of methoxy groups -OCH3 is 1. The van der Waals surface area contributed by atoms with Gasteiger partial charge in [-0.25, -0.2) is 4.79 Å². The number of anilines is 1. The first kappa shape index (κ1) is 14.6. The van der Waals surface area contributed by atoms with Gasteiger partial charge in [0, 0.05) is 42.4 Å². The Balaban J connectivity index is 2.29. The molecule has 0 bridgehead atoms. The highest BCUT2D eigenvalue weighted by Crippen LogP contribution is 2.25. The molecular weight excluding hydrogens is 280 g/mol. The lowest BCUT2D eigenvalue weighted by Gasteiger charge is -2.16. The van der Waals surface area contributed by atoms with Gasteiger partial charge in [0.15, 0.2) is 0 Å². The van der Waals surface area contributed by atoms with Crippen molar-refractivity contribution in [1.82, 2.24) is 4.98 Å². The zero-order chi connectivity index (χ0) is 14.5. The molecule has 2 aromatic rings. The number of ether oxygens (including phenoxy) is 1. The van der Waals surface area contributed by atoms with Crippen molar-refractivity contribution in [3.8, 4) is 0 Å². The van der Waals surface area contributed by atoms with Gasteiger partial charge in [-0.2, -0.15) is 0 Å². The molecule has 0 saturated heterocycles. The average Bonchev–Trinajstić information content (AvgIpc) is 2.42. The normalized spacial score (nSPS) is 12.3. The molecular formula is C14H15ClN2O3. The van der Waals surface area contributed by atoms with E-state index in [1.54, 1.807) is 31.5 Å². The fourth-order valence-corrected chi connectivity index (χ4v) is 2.09. The lowest BCUT2D eigenvalue weighted by molar-refractivity contribution is -0.138. The third-order valence-electron chi connectivity index (χ3n) is 2.94. The van der Waals surface area contributed by atoms with Crippen molar-refractivity contribution in [3.63, 3.8) is 0 Å². The van der Waals surface area contributed by atoms with Crippen LogP contribution in [0.25, 0.3) is 10.9 Å². The SMILES string of the molecule is COCCC(Nc1ccnc2cc(Cl)ccc12)C(=O)O. The van der Waals surface area contributed by atoms with E-state index in [0.29, 0.717) is 18.1 Å². The standard InChI is InChI=1S/C14H15ClN2O3/c1-20-7-5-12(14(18)19)17-11-4-6-16-13-8-9(15)2-3-10(11)13/h2-4,6,8,12H,5,7H2,1H3,(H,16,17)(H,18,19). The first-order valence-corrected chi connectivity index (χ1v) is 6.52. The molecule has 0 fully saturated rings. The molecule has 6 heteroatoms. The summed E-state index contributed by atoms with van der Waals surface area (Å²) in [6.45, 7) is 0.374. The number of hydrogen-bond acceptors (Lipinski definition) is 4. The number of carboxylic acids is 1. The summed E-state index contributed by atoms with van der Waals surface area (Å²) >= 11 is 5.92. The maximum Gasteiger partial charge on any atom is 0.326 e. The first-order valence-electron chi connectivity index (χ1n) is 6.14. The predicted molar refractivity (Wildman–Crippen MR) is 78.3 cm³/mol. The molecule has 1 aromatic carbocycles. The van der Waals surface area contributed by atoms with E-state index in [1.165, 1.54) is 0 Å². The van der Waals surface area contributed by atoms with Crippen molar-refractivity contribution in [2.45, 2.75) is 12.5 Å². The number of carboxylic acid groups (broad SMARTS) is 1. The Hall–Kier alpha value is -1.85. The molecule has 20 heavy (non-hydrogen) atoms. The van der Waals surface area contributed by atoms with Gasteiger partial charge in [0.25, 0.3) is 0 Å². The Kier molecular flexibility index (Phi) is 4.76. The number of halogens is 1. The van der Waals surface area contributed by atoms with Crippen LogP contribution < -0.4 is 5.32 Å². The third kappa shape index (κ3) is 3.37. The molecule has 0 spiro atoms. The summed E-state index contributed by atoms with van der Waals surface area (Å²) < 4.78 is 4.93. The van der Waals surface area contributed by atoms with Gasteiger partial charge in [-0.3, -0.25) is 4.98 Å². The number of hydrogen-bond donors (Lipinski definition) is 2. The fraction of sp³-hybridized carbons (Fsp3) is 0.286. The highest BCUT2D eigenvalue weighted by atomic mass is 35.5. The Bertz CT molecular complexity index is 618. The van der Waals surface area contributed by atoms with Crippen LogP contribution in [0.2, 0.25) is 5.02 Å². The highest BCUT2D eigenvalue weighted by Gasteiger charge is 2.17. The zero-order valence-corrected chi connectivity index (χ0v) is 11.7. The molecule has 0 aliphatic carbocycles. The number of nitrogens with one attached hydrogen (secondary N) is 1. The number of fused-ring (bicyclic) bond motifs is 1. The summed E-state index contributed by atoms with van der Waals surface area (Å²) in [6, 6.07) is 6.35. The largest absolute Gasteiger partial charge is 0.480 e. The lowest BCUT2D eigenvalue weighted by atomic mass is 10.1. The van der Waals surface area contributed by atoms with E-state index in [1.807, 2.05) is 6.07 Å². The summed E-state index contributed by atoms with van der Waals surface area (Å²) in [6.07, 6.45) is 2.00. The van der Waals surface area contributed by atoms with Gasteiger partial charge in [-0.1, -0.05) is 11.6 Å². The van der Waals surface area contributed by atoms with E-state index in [9.17, 15) is 9.90 Å². The molecule has 2 N–H and O–H groups in total. The molecule has 1 atom stereocenters. The Morgan fingerprint density at radius 3 is 3.00 bits per heavy atom. The Labute approximate surface area is 121 Å². The monoisotopic (exact) mass is 294 g/mol. The van der Waals surface area contributed by atoms with E-state index >= 15 is 0 Å². The van der Waals surface area contributed by atoms with Crippen molar-refractivity contribution in [2.75, 3.05) is 19.0 Å². The summed E-state index contributed by atoms with van der Waals surface area (Å²) in [7, 11) is 1.54. The smallest absolute Gasteiger partial charge is 0.326 e. The molecule has 0 aliphatic rings. The number of rotatable bonds is 6. The lowest BCUT2D eigenvalue weighted by Crippen LogP contribution is -2.30. The molecule has 1 aromatic heterocycles. The second-order valence-corrected chi connectivity index (χ2v) is 4.77. The quantitative estimate of drug-likeness (QED) is 0.857. The Morgan fingerprint density at radius 1 is 1.50 bits per heavy atom. The van der Waals surface area contributed by atoms with Gasteiger partial charge < -0.3 is 15.2 Å². The van der Waals surface area contributed by atoms with Gasteiger partial charge in [0.05, 0.1) is 5.52 Å². The van der Waals surface area contributed by atoms with E-state index in [2.05, 4.69) is 10.3 Å². The summed E-state index contributed by atoms with van der Waals surface area (Å²) in [5, 5.41) is 13.7. The van der Waals surface area contributed by atoms with Crippen molar-refractivity contribution in [3.05, 3.63) is 35.5 Å². The summed E-state index contributed by atoms with van der Waals surface area (Å²) in [4.78, 5) is 15.5. The third-order valence-corrected chi connectivity index (χ3v) is 3.18.